The second-order valence-electron chi connectivity index (χ2n) is 7.58. The van der Waals surface area contributed by atoms with E-state index in [2.05, 4.69) is 51.6 Å². The number of imidazole rings is 1. The van der Waals surface area contributed by atoms with Gasteiger partial charge in [0.05, 0.1) is 23.6 Å². The zero-order valence-corrected chi connectivity index (χ0v) is 17.5. The number of nitrogens with one attached hydrogen (secondary N) is 2. The fraction of sp³-hybridized carbons (Fsp3) is 0.167. The first-order valence-corrected chi connectivity index (χ1v) is 10.3. The van der Waals surface area contributed by atoms with Gasteiger partial charge in [-0.25, -0.2) is 14.5 Å². The molecule has 0 atom stereocenters. The van der Waals surface area contributed by atoms with Gasteiger partial charge in [0.2, 0.25) is 0 Å². The first kappa shape index (κ1) is 19.1. The first-order valence-electron chi connectivity index (χ1n) is 10.3. The highest BCUT2D eigenvalue weighted by molar-refractivity contribution is 5.77. The summed E-state index contributed by atoms with van der Waals surface area (Å²) < 4.78 is 1.76. The van der Waals surface area contributed by atoms with Crippen LogP contribution in [0.2, 0.25) is 0 Å². The lowest BCUT2D eigenvalue weighted by molar-refractivity contribution is 0.667. The third-order valence-corrected chi connectivity index (χ3v) is 5.31. The van der Waals surface area contributed by atoms with E-state index in [9.17, 15) is 0 Å². The molecule has 1 aromatic carbocycles. The summed E-state index contributed by atoms with van der Waals surface area (Å²) >= 11 is 0. The van der Waals surface area contributed by atoms with Crippen molar-refractivity contribution >= 4 is 5.65 Å². The topological polar surface area (TPSA) is 83.8 Å². The van der Waals surface area contributed by atoms with Gasteiger partial charge in [-0.05, 0) is 49.2 Å². The molecule has 0 saturated carbocycles. The van der Waals surface area contributed by atoms with Gasteiger partial charge in [-0.2, -0.15) is 5.10 Å². The van der Waals surface area contributed by atoms with E-state index in [1.54, 1.807) is 10.8 Å². The normalized spacial score (nSPS) is 11.3. The SMILES string of the molecule is Cc1cccc(-c2[nH]c(CNCc3ccccc3C)nc2-c2ccc3ncnn3c2)n1. The molecule has 0 aliphatic heterocycles. The number of benzene rings is 1. The molecule has 2 N–H and O–H groups in total. The second kappa shape index (κ2) is 8.12. The Kier molecular flexibility index (Phi) is 5.01. The quantitative estimate of drug-likeness (QED) is 0.441. The number of hydrogen-bond acceptors (Lipinski definition) is 5. The van der Waals surface area contributed by atoms with Gasteiger partial charge in [-0.1, -0.05) is 30.3 Å². The number of hydrogen-bond donors (Lipinski definition) is 2. The molecule has 0 fully saturated rings. The molecule has 7 heteroatoms. The monoisotopic (exact) mass is 409 g/mol. The minimum absolute atomic E-state index is 0.624. The lowest BCUT2D eigenvalue weighted by atomic mass is 10.1. The molecular formula is C24H23N7. The molecule has 0 saturated heterocycles. The van der Waals surface area contributed by atoms with E-state index >= 15 is 0 Å². The van der Waals surface area contributed by atoms with Crippen molar-refractivity contribution in [3.63, 3.8) is 0 Å². The van der Waals surface area contributed by atoms with Gasteiger partial charge in [0, 0.05) is 24.0 Å². The maximum absolute atomic E-state index is 4.91. The van der Waals surface area contributed by atoms with Crippen molar-refractivity contribution in [2.75, 3.05) is 0 Å². The van der Waals surface area contributed by atoms with Crippen molar-refractivity contribution < 1.29 is 0 Å². The van der Waals surface area contributed by atoms with Crippen LogP contribution in [0.3, 0.4) is 0 Å². The van der Waals surface area contributed by atoms with Gasteiger partial charge in [0.25, 0.3) is 0 Å². The minimum atomic E-state index is 0.624. The molecule has 0 aliphatic rings. The van der Waals surface area contributed by atoms with E-state index in [1.807, 2.05) is 43.5 Å². The third kappa shape index (κ3) is 3.95. The molecule has 0 spiro atoms. The molecule has 0 radical (unpaired) electrons. The zero-order chi connectivity index (χ0) is 21.2. The number of rotatable bonds is 6. The summed E-state index contributed by atoms with van der Waals surface area (Å²) in [4.78, 5) is 17.3. The average molecular weight is 409 g/mol. The number of aryl methyl sites for hydroxylation is 2. The van der Waals surface area contributed by atoms with Gasteiger partial charge in [0.15, 0.2) is 5.65 Å². The molecule has 7 nitrogen and oxygen atoms in total. The lowest BCUT2D eigenvalue weighted by Crippen LogP contribution is -2.14. The Morgan fingerprint density at radius 3 is 2.71 bits per heavy atom. The largest absolute Gasteiger partial charge is 0.339 e. The maximum Gasteiger partial charge on any atom is 0.155 e. The number of aromatic amines is 1. The van der Waals surface area contributed by atoms with Crippen LogP contribution in [0.4, 0.5) is 0 Å². The van der Waals surface area contributed by atoms with Crippen molar-refractivity contribution in [1.29, 1.82) is 0 Å². The Labute approximate surface area is 180 Å². The summed E-state index contributed by atoms with van der Waals surface area (Å²) in [5, 5.41) is 7.76. The Balaban J connectivity index is 1.48. The highest BCUT2D eigenvalue weighted by Crippen LogP contribution is 2.29. The van der Waals surface area contributed by atoms with Crippen LogP contribution >= 0.6 is 0 Å². The number of nitrogens with zero attached hydrogens (tertiary/aromatic N) is 5. The molecule has 4 heterocycles. The molecular weight excluding hydrogens is 386 g/mol. The Bertz CT molecular complexity index is 1350. The molecule has 4 aromatic heterocycles. The maximum atomic E-state index is 4.91. The first-order chi connectivity index (χ1) is 15.2. The van der Waals surface area contributed by atoms with E-state index in [0.717, 1.165) is 46.4 Å². The second-order valence-corrected chi connectivity index (χ2v) is 7.58. The molecule has 0 amide bonds. The van der Waals surface area contributed by atoms with Crippen LogP contribution in [0.25, 0.3) is 28.3 Å². The van der Waals surface area contributed by atoms with Crippen LogP contribution in [0.5, 0.6) is 0 Å². The van der Waals surface area contributed by atoms with Crippen LogP contribution in [0.15, 0.2) is 67.1 Å². The Morgan fingerprint density at radius 2 is 1.84 bits per heavy atom. The van der Waals surface area contributed by atoms with Gasteiger partial charge in [-0.15, -0.1) is 0 Å². The van der Waals surface area contributed by atoms with Gasteiger partial charge in [-0.3, -0.25) is 4.98 Å². The summed E-state index contributed by atoms with van der Waals surface area (Å²) in [7, 11) is 0. The summed E-state index contributed by atoms with van der Waals surface area (Å²) in [6.45, 7) is 5.53. The molecule has 0 unspecified atom stereocenters. The predicted molar refractivity (Wildman–Crippen MR) is 120 cm³/mol. The van der Waals surface area contributed by atoms with Gasteiger partial charge in [0.1, 0.15) is 12.2 Å². The Morgan fingerprint density at radius 1 is 0.935 bits per heavy atom. The average Bonchev–Trinajstić information content (AvgIpc) is 3.41. The summed E-state index contributed by atoms with van der Waals surface area (Å²) in [5.74, 6) is 0.862. The van der Waals surface area contributed by atoms with E-state index < -0.39 is 0 Å². The predicted octanol–water partition coefficient (Wildman–Crippen LogP) is 4.09. The van der Waals surface area contributed by atoms with Crippen molar-refractivity contribution in [2.45, 2.75) is 26.9 Å². The molecule has 5 aromatic rings. The number of aromatic nitrogens is 6. The summed E-state index contributed by atoms with van der Waals surface area (Å²) in [6, 6.07) is 18.4. The molecule has 0 aliphatic carbocycles. The molecule has 154 valence electrons. The summed E-state index contributed by atoms with van der Waals surface area (Å²) in [5.41, 5.74) is 7.90. The van der Waals surface area contributed by atoms with Crippen LogP contribution in [-0.2, 0) is 13.1 Å². The minimum Gasteiger partial charge on any atom is -0.339 e. The van der Waals surface area contributed by atoms with Crippen LogP contribution in [-0.4, -0.2) is 29.5 Å². The van der Waals surface area contributed by atoms with Crippen LogP contribution in [0.1, 0.15) is 22.6 Å². The standard InChI is InChI=1S/C24H23N7/c1-16-6-3-4-8-18(16)12-25-13-21-29-23(19-10-11-22-26-15-27-31(22)14-19)24(30-21)20-9-5-7-17(2)28-20/h3-11,14-15,25H,12-13H2,1-2H3,(H,29,30). The number of H-pyrrole nitrogens is 1. The van der Waals surface area contributed by atoms with E-state index in [-0.39, 0.29) is 0 Å². The fourth-order valence-corrected chi connectivity index (χ4v) is 3.66. The molecule has 31 heavy (non-hydrogen) atoms. The van der Waals surface area contributed by atoms with Crippen LogP contribution in [0, 0.1) is 13.8 Å². The van der Waals surface area contributed by atoms with Crippen molar-refractivity contribution in [2.24, 2.45) is 0 Å². The van der Waals surface area contributed by atoms with Gasteiger partial charge < -0.3 is 10.3 Å². The Hall–Kier alpha value is -3.84. The third-order valence-electron chi connectivity index (χ3n) is 5.31. The lowest BCUT2D eigenvalue weighted by Gasteiger charge is -2.06. The highest BCUT2D eigenvalue weighted by atomic mass is 15.3. The van der Waals surface area contributed by atoms with E-state index in [1.165, 1.54) is 11.1 Å². The zero-order valence-electron chi connectivity index (χ0n) is 17.5. The summed E-state index contributed by atoms with van der Waals surface area (Å²) in [6.07, 6.45) is 3.50. The highest BCUT2D eigenvalue weighted by Gasteiger charge is 2.16. The van der Waals surface area contributed by atoms with Crippen molar-refractivity contribution in [1.82, 2.24) is 34.9 Å². The number of fused-ring (bicyclic) bond motifs is 1. The van der Waals surface area contributed by atoms with Crippen molar-refractivity contribution in [3.8, 4) is 22.6 Å². The fourth-order valence-electron chi connectivity index (χ4n) is 3.66. The van der Waals surface area contributed by atoms with E-state index in [4.69, 9.17) is 9.97 Å². The van der Waals surface area contributed by atoms with Crippen molar-refractivity contribution in [3.05, 3.63) is 89.8 Å². The number of pyridine rings is 2. The smallest absolute Gasteiger partial charge is 0.155 e. The van der Waals surface area contributed by atoms with Crippen LogP contribution < -0.4 is 5.32 Å². The molecule has 0 bridgehead atoms. The van der Waals surface area contributed by atoms with E-state index in [0.29, 0.717) is 6.54 Å². The van der Waals surface area contributed by atoms with Gasteiger partial charge >= 0.3 is 0 Å². The molecule has 5 rings (SSSR count).